The van der Waals surface area contributed by atoms with E-state index in [9.17, 15) is 4.79 Å². The van der Waals surface area contributed by atoms with Gasteiger partial charge in [-0.3, -0.25) is 0 Å². The summed E-state index contributed by atoms with van der Waals surface area (Å²) >= 11 is 0. The monoisotopic (exact) mass is 364 g/mol. The van der Waals surface area contributed by atoms with Crippen molar-refractivity contribution >= 4 is 18.7 Å². The Morgan fingerprint density at radius 3 is 1.88 bits per heavy atom. The molecule has 6 nitrogen and oxygen atoms in total. The highest BCUT2D eigenvalue weighted by molar-refractivity contribution is 6.63. The lowest BCUT2D eigenvalue weighted by Crippen LogP contribution is -2.42. The molecule has 2 heterocycles. The van der Waals surface area contributed by atoms with Gasteiger partial charge in [0.15, 0.2) is 0 Å². The normalized spacial score (nSPS) is 19.7. The van der Waals surface area contributed by atoms with Crippen LogP contribution in [0.1, 0.15) is 80.6 Å². The van der Waals surface area contributed by atoms with Gasteiger partial charge >= 0.3 is 13.2 Å². The molecule has 26 heavy (non-hydrogen) atoms. The summed E-state index contributed by atoms with van der Waals surface area (Å²) in [4.78, 5) is 12.8. The van der Waals surface area contributed by atoms with Gasteiger partial charge in [-0.05, 0) is 55.4 Å². The quantitative estimate of drug-likeness (QED) is 0.713. The second-order valence-electron chi connectivity index (χ2n) is 10.1. The van der Waals surface area contributed by atoms with Gasteiger partial charge in [-0.25, -0.2) is 4.79 Å². The third-order valence-electron chi connectivity index (χ3n) is 4.87. The lowest BCUT2D eigenvalue weighted by atomic mass is 9.72. The van der Waals surface area contributed by atoms with E-state index in [0.717, 1.165) is 11.2 Å². The fourth-order valence-corrected chi connectivity index (χ4v) is 2.94. The van der Waals surface area contributed by atoms with Crippen LogP contribution in [0, 0.1) is 6.92 Å². The van der Waals surface area contributed by atoms with Crippen molar-refractivity contribution in [2.75, 3.05) is 0 Å². The van der Waals surface area contributed by atoms with E-state index in [-0.39, 0.29) is 5.41 Å². The van der Waals surface area contributed by atoms with Crippen molar-refractivity contribution in [3.8, 4) is 0 Å². The SMILES string of the molecule is Cc1nn(C(=O)OC(C)(C)C)c(C(C)(C)C)c1B1OC(C)(C)C(C)(C)O1. The number of rotatable bonds is 1. The van der Waals surface area contributed by atoms with E-state index in [1.807, 2.05) is 76.2 Å². The maximum absolute atomic E-state index is 12.8. The van der Waals surface area contributed by atoms with Crippen molar-refractivity contribution < 1.29 is 18.8 Å². The van der Waals surface area contributed by atoms with Crippen molar-refractivity contribution in [3.05, 3.63) is 11.4 Å². The second kappa shape index (κ2) is 6.09. The molecular formula is C19H33BN2O4. The predicted octanol–water partition coefficient (Wildman–Crippen LogP) is 3.57. The molecule has 1 aromatic heterocycles. The Balaban J connectivity index is 2.57. The van der Waals surface area contributed by atoms with Crippen LogP contribution in [-0.4, -0.2) is 39.8 Å². The van der Waals surface area contributed by atoms with E-state index < -0.39 is 30.0 Å². The number of carbonyl (C=O) groups excluding carboxylic acids is 1. The van der Waals surface area contributed by atoms with Crippen molar-refractivity contribution in [2.45, 2.75) is 98.4 Å². The van der Waals surface area contributed by atoms with Crippen LogP contribution in [0.4, 0.5) is 4.79 Å². The maximum atomic E-state index is 12.8. The van der Waals surface area contributed by atoms with Crippen LogP contribution >= 0.6 is 0 Å². The zero-order valence-corrected chi connectivity index (χ0v) is 18.1. The molecule has 1 saturated heterocycles. The van der Waals surface area contributed by atoms with Gasteiger partial charge in [-0.2, -0.15) is 9.78 Å². The Kier molecular flexibility index (Phi) is 4.91. The minimum atomic E-state index is -0.601. The molecule has 0 radical (unpaired) electrons. The van der Waals surface area contributed by atoms with Gasteiger partial charge in [-0.15, -0.1) is 0 Å². The predicted molar refractivity (Wildman–Crippen MR) is 103 cm³/mol. The fraction of sp³-hybridized carbons (Fsp3) is 0.789. The molecule has 146 valence electrons. The van der Waals surface area contributed by atoms with Crippen LogP contribution in [0.2, 0.25) is 0 Å². The molecule has 0 N–H and O–H groups in total. The van der Waals surface area contributed by atoms with Gasteiger partial charge in [0, 0.05) is 10.9 Å². The molecule has 0 bridgehead atoms. The summed E-state index contributed by atoms with van der Waals surface area (Å²) < 4.78 is 19.4. The highest BCUT2D eigenvalue weighted by Crippen LogP contribution is 2.37. The summed E-state index contributed by atoms with van der Waals surface area (Å²) in [5.74, 6) is 0. The first-order chi connectivity index (χ1) is 11.5. The van der Waals surface area contributed by atoms with E-state index in [1.54, 1.807) is 0 Å². The van der Waals surface area contributed by atoms with E-state index in [1.165, 1.54) is 4.68 Å². The number of aromatic nitrogens is 2. The molecule has 1 aliphatic heterocycles. The van der Waals surface area contributed by atoms with Gasteiger partial charge < -0.3 is 14.0 Å². The molecule has 0 spiro atoms. The smallest absolute Gasteiger partial charge is 0.442 e. The Labute approximate surface area is 157 Å². The average Bonchev–Trinajstić information content (AvgIpc) is 2.81. The number of carbonyl (C=O) groups is 1. The van der Waals surface area contributed by atoms with E-state index in [4.69, 9.17) is 14.0 Å². The lowest BCUT2D eigenvalue weighted by Gasteiger charge is -2.32. The van der Waals surface area contributed by atoms with Gasteiger partial charge in [0.1, 0.15) is 5.60 Å². The van der Waals surface area contributed by atoms with Crippen molar-refractivity contribution in [2.24, 2.45) is 0 Å². The largest absolute Gasteiger partial charge is 0.498 e. The number of nitrogens with zero attached hydrogens (tertiary/aromatic N) is 2. The highest BCUT2D eigenvalue weighted by atomic mass is 16.7. The summed E-state index contributed by atoms with van der Waals surface area (Å²) in [6.45, 7) is 21.6. The summed E-state index contributed by atoms with van der Waals surface area (Å²) in [6.07, 6.45) is -0.492. The van der Waals surface area contributed by atoms with Crippen LogP contribution in [0.3, 0.4) is 0 Å². The molecule has 0 amide bonds. The van der Waals surface area contributed by atoms with Crippen LogP contribution in [0.15, 0.2) is 0 Å². The van der Waals surface area contributed by atoms with Crippen LogP contribution in [-0.2, 0) is 19.5 Å². The van der Waals surface area contributed by atoms with E-state index in [0.29, 0.717) is 5.69 Å². The molecule has 1 fully saturated rings. The number of aryl methyl sites for hydroxylation is 1. The maximum Gasteiger partial charge on any atom is 0.498 e. The molecule has 0 saturated carbocycles. The molecule has 1 aromatic rings. The first kappa shape index (κ1) is 21.0. The van der Waals surface area contributed by atoms with Gasteiger partial charge in [0.05, 0.1) is 22.6 Å². The van der Waals surface area contributed by atoms with Crippen molar-refractivity contribution in [1.82, 2.24) is 9.78 Å². The fourth-order valence-electron chi connectivity index (χ4n) is 2.94. The molecular weight excluding hydrogens is 331 g/mol. The molecule has 0 atom stereocenters. The summed E-state index contributed by atoms with van der Waals surface area (Å²) in [5.41, 5.74) is 0.387. The highest BCUT2D eigenvalue weighted by Gasteiger charge is 2.54. The van der Waals surface area contributed by atoms with Crippen LogP contribution < -0.4 is 5.46 Å². The van der Waals surface area contributed by atoms with E-state index in [2.05, 4.69) is 5.10 Å². The third-order valence-corrected chi connectivity index (χ3v) is 4.87. The third kappa shape index (κ3) is 3.84. The Bertz CT molecular complexity index is 692. The molecule has 0 aromatic carbocycles. The molecule has 7 heteroatoms. The molecule has 2 rings (SSSR count). The number of ether oxygens (including phenoxy) is 1. The Hall–Kier alpha value is -1.34. The molecule has 0 unspecified atom stereocenters. The first-order valence-corrected chi connectivity index (χ1v) is 9.15. The number of hydrogen-bond donors (Lipinski definition) is 0. The van der Waals surface area contributed by atoms with E-state index >= 15 is 0 Å². The minimum absolute atomic E-state index is 0.350. The zero-order valence-electron chi connectivity index (χ0n) is 18.1. The summed E-state index contributed by atoms with van der Waals surface area (Å²) in [7, 11) is -0.578. The lowest BCUT2D eigenvalue weighted by molar-refractivity contribution is 0.00578. The summed E-state index contributed by atoms with van der Waals surface area (Å²) in [6, 6.07) is 0. The Morgan fingerprint density at radius 2 is 1.50 bits per heavy atom. The Morgan fingerprint density at radius 1 is 1.04 bits per heavy atom. The topological polar surface area (TPSA) is 62.6 Å². The van der Waals surface area contributed by atoms with Crippen molar-refractivity contribution in [1.29, 1.82) is 0 Å². The van der Waals surface area contributed by atoms with Gasteiger partial charge in [-0.1, -0.05) is 20.8 Å². The van der Waals surface area contributed by atoms with Gasteiger partial charge in [0.25, 0.3) is 0 Å². The number of hydrogen-bond acceptors (Lipinski definition) is 5. The van der Waals surface area contributed by atoms with Crippen LogP contribution in [0.25, 0.3) is 0 Å². The first-order valence-electron chi connectivity index (χ1n) is 9.15. The average molecular weight is 364 g/mol. The van der Waals surface area contributed by atoms with Crippen LogP contribution in [0.5, 0.6) is 0 Å². The minimum Gasteiger partial charge on any atom is -0.442 e. The second-order valence-corrected chi connectivity index (χ2v) is 10.1. The summed E-state index contributed by atoms with van der Waals surface area (Å²) in [5, 5.41) is 4.48. The standard InChI is InChI=1S/C19H33BN2O4/c1-12-13(20-25-18(8,9)19(10,11)26-20)14(16(2,3)4)22(21-12)15(23)24-17(5,6)7/h1-11H3. The van der Waals surface area contributed by atoms with Crippen molar-refractivity contribution in [3.63, 3.8) is 0 Å². The van der Waals surface area contributed by atoms with Gasteiger partial charge in [0.2, 0.25) is 0 Å². The zero-order chi connectivity index (χ0) is 20.3. The molecule has 0 aliphatic carbocycles. The molecule has 1 aliphatic rings.